The van der Waals surface area contributed by atoms with Crippen LogP contribution in [0.4, 0.5) is 0 Å². The predicted octanol–water partition coefficient (Wildman–Crippen LogP) is 3.87. The molecule has 0 aliphatic carbocycles. The van der Waals surface area contributed by atoms with Crippen LogP contribution in [0.5, 0.6) is 0 Å². The van der Waals surface area contributed by atoms with E-state index in [1.54, 1.807) is 0 Å². The number of hydrogen-bond acceptors (Lipinski definition) is 3. The fourth-order valence-electron chi connectivity index (χ4n) is 4.10. The van der Waals surface area contributed by atoms with Crippen molar-refractivity contribution in [3.63, 3.8) is 0 Å². The molecule has 27 heavy (non-hydrogen) atoms. The monoisotopic (exact) mass is 361 g/mol. The van der Waals surface area contributed by atoms with Crippen molar-refractivity contribution >= 4 is 16.7 Å². The molecule has 2 heterocycles. The number of H-pyrrole nitrogens is 1. The number of nitrogens with one attached hydrogen (secondary N) is 1. The molecule has 0 amide bonds. The molecule has 0 atom stereocenters. The van der Waals surface area contributed by atoms with Crippen molar-refractivity contribution in [2.75, 3.05) is 32.7 Å². The van der Waals surface area contributed by atoms with Gasteiger partial charge in [-0.15, -0.1) is 0 Å². The van der Waals surface area contributed by atoms with Crippen molar-refractivity contribution in [1.82, 2.24) is 14.8 Å². The molecular formula is C23H27N3O. The first-order chi connectivity index (χ1) is 13.2. The number of ketones is 1. The molecule has 0 bridgehead atoms. The van der Waals surface area contributed by atoms with E-state index in [2.05, 4.69) is 45.1 Å². The first-order valence-electron chi connectivity index (χ1n) is 9.80. The number of para-hydroxylation sites is 1. The maximum atomic E-state index is 13.0. The fraction of sp³-hybridized carbons (Fsp3) is 0.348. The van der Waals surface area contributed by atoms with Gasteiger partial charge in [-0.1, -0.05) is 48.5 Å². The summed E-state index contributed by atoms with van der Waals surface area (Å²) in [4.78, 5) is 21.2. The first kappa shape index (κ1) is 18.0. The summed E-state index contributed by atoms with van der Waals surface area (Å²) in [6.45, 7) is 7.52. The number of carbonyl (C=O) groups is 1. The highest BCUT2D eigenvalue weighted by molar-refractivity contribution is 6.10. The highest BCUT2D eigenvalue weighted by Gasteiger charge is 2.21. The van der Waals surface area contributed by atoms with Crippen LogP contribution < -0.4 is 0 Å². The van der Waals surface area contributed by atoms with Crippen LogP contribution in [0.2, 0.25) is 0 Å². The molecule has 0 saturated carbocycles. The Kier molecular flexibility index (Phi) is 5.37. The summed E-state index contributed by atoms with van der Waals surface area (Å²) in [5.74, 6) is 0.224. The molecule has 0 unspecified atom stereocenters. The molecule has 1 aromatic heterocycles. The molecule has 3 aromatic rings. The number of aromatic nitrogens is 1. The van der Waals surface area contributed by atoms with Crippen LogP contribution >= 0.6 is 0 Å². The molecule has 2 aromatic carbocycles. The lowest BCUT2D eigenvalue weighted by Crippen LogP contribution is -2.34. The van der Waals surface area contributed by atoms with Crippen molar-refractivity contribution in [3.8, 4) is 0 Å². The van der Waals surface area contributed by atoms with Gasteiger partial charge in [0.2, 0.25) is 0 Å². The van der Waals surface area contributed by atoms with Gasteiger partial charge in [-0.2, -0.15) is 0 Å². The van der Waals surface area contributed by atoms with Crippen LogP contribution in [0.3, 0.4) is 0 Å². The third kappa shape index (κ3) is 4.12. The summed E-state index contributed by atoms with van der Waals surface area (Å²) >= 11 is 0. The van der Waals surface area contributed by atoms with Gasteiger partial charge in [0.1, 0.15) is 0 Å². The Hall–Kier alpha value is -2.43. The van der Waals surface area contributed by atoms with E-state index in [1.165, 1.54) is 5.56 Å². The summed E-state index contributed by atoms with van der Waals surface area (Å²) in [6.07, 6.45) is 1.10. The predicted molar refractivity (Wildman–Crippen MR) is 110 cm³/mol. The van der Waals surface area contributed by atoms with Gasteiger partial charge in [-0.25, -0.2) is 0 Å². The molecule has 0 radical (unpaired) electrons. The van der Waals surface area contributed by atoms with E-state index < -0.39 is 0 Å². The summed E-state index contributed by atoms with van der Waals surface area (Å²) in [5, 5.41) is 1.04. The quantitative estimate of drug-likeness (QED) is 0.701. The molecule has 1 aliphatic rings. The number of carbonyl (C=O) groups excluding carboxylic acids is 1. The van der Waals surface area contributed by atoms with Crippen LogP contribution in [0, 0.1) is 6.92 Å². The van der Waals surface area contributed by atoms with E-state index in [0.717, 1.165) is 61.3 Å². The fourth-order valence-corrected chi connectivity index (χ4v) is 4.10. The van der Waals surface area contributed by atoms with Crippen molar-refractivity contribution in [2.45, 2.75) is 19.9 Å². The maximum absolute atomic E-state index is 13.0. The minimum Gasteiger partial charge on any atom is -0.358 e. The Morgan fingerprint density at radius 3 is 2.48 bits per heavy atom. The normalized spacial score (nSPS) is 16.5. The molecular weight excluding hydrogens is 334 g/mol. The number of rotatable bonds is 5. The zero-order valence-corrected chi connectivity index (χ0v) is 15.9. The Labute approximate surface area is 160 Å². The molecule has 140 valence electrons. The second kappa shape index (κ2) is 8.07. The molecule has 1 N–H and O–H groups in total. The van der Waals surface area contributed by atoms with Gasteiger partial charge in [0.25, 0.3) is 0 Å². The Balaban J connectivity index is 1.40. The van der Waals surface area contributed by atoms with Gasteiger partial charge in [-0.05, 0) is 38.1 Å². The number of nitrogens with zero attached hydrogens (tertiary/aromatic N) is 2. The van der Waals surface area contributed by atoms with Crippen molar-refractivity contribution in [1.29, 1.82) is 0 Å². The van der Waals surface area contributed by atoms with Crippen LogP contribution in [0.15, 0.2) is 54.6 Å². The van der Waals surface area contributed by atoms with Gasteiger partial charge in [-0.3, -0.25) is 14.6 Å². The SMILES string of the molecule is Cc1[nH]c2ccccc2c1C(=O)CN1CCCN(Cc2ccccc2)CC1. The second-order valence-corrected chi connectivity index (χ2v) is 7.49. The van der Waals surface area contributed by atoms with Crippen LogP contribution in [-0.4, -0.2) is 53.3 Å². The van der Waals surface area contributed by atoms with Gasteiger partial charge in [0.05, 0.1) is 6.54 Å². The lowest BCUT2D eigenvalue weighted by atomic mass is 10.1. The number of aryl methyl sites for hydroxylation is 1. The molecule has 0 spiro atoms. The minimum absolute atomic E-state index is 0.224. The molecule has 1 aliphatic heterocycles. The minimum atomic E-state index is 0.224. The van der Waals surface area contributed by atoms with Crippen molar-refractivity contribution in [2.24, 2.45) is 0 Å². The highest BCUT2D eigenvalue weighted by Crippen LogP contribution is 2.22. The molecule has 4 rings (SSSR count). The summed E-state index contributed by atoms with van der Waals surface area (Å²) in [7, 11) is 0. The number of Topliss-reactive ketones (excluding diaryl/α,β-unsaturated/α-hetero) is 1. The zero-order valence-electron chi connectivity index (χ0n) is 15.9. The zero-order chi connectivity index (χ0) is 18.6. The first-order valence-corrected chi connectivity index (χ1v) is 9.80. The maximum Gasteiger partial charge on any atom is 0.179 e. The van der Waals surface area contributed by atoms with Crippen LogP contribution in [0.1, 0.15) is 28.0 Å². The number of aromatic amines is 1. The van der Waals surface area contributed by atoms with Crippen molar-refractivity contribution in [3.05, 3.63) is 71.4 Å². The van der Waals surface area contributed by atoms with Crippen LogP contribution in [-0.2, 0) is 6.54 Å². The smallest absolute Gasteiger partial charge is 0.179 e. The Bertz CT molecular complexity index is 916. The highest BCUT2D eigenvalue weighted by atomic mass is 16.1. The van der Waals surface area contributed by atoms with E-state index >= 15 is 0 Å². The van der Waals surface area contributed by atoms with Crippen molar-refractivity contribution < 1.29 is 4.79 Å². The van der Waals surface area contributed by atoms with E-state index in [4.69, 9.17) is 0 Å². The van der Waals surface area contributed by atoms with Gasteiger partial charge in [0, 0.05) is 41.8 Å². The number of benzene rings is 2. The summed E-state index contributed by atoms with van der Waals surface area (Å²) in [6, 6.07) is 18.7. The summed E-state index contributed by atoms with van der Waals surface area (Å²) in [5.41, 5.74) is 4.23. The Morgan fingerprint density at radius 1 is 0.926 bits per heavy atom. The third-order valence-electron chi connectivity index (χ3n) is 5.47. The molecule has 4 nitrogen and oxygen atoms in total. The van der Waals surface area contributed by atoms with E-state index in [1.807, 2.05) is 31.2 Å². The van der Waals surface area contributed by atoms with Gasteiger partial charge in [0.15, 0.2) is 5.78 Å². The lowest BCUT2D eigenvalue weighted by Gasteiger charge is -2.21. The largest absolute Gasteiger partial charge is 0.358 e. The molecule has 4 heteroatoms. The summed E-state index contributed by atoms with van der Waals surface area (Å²) < 4.78 is 0. The second-order valence-electron chi connectivity index (χ2n) is 7.49. The number of fused-ring (bicyclic) bond motifs is 1. The van der Waals surface area contributed by atoms with E-state index in [-0.39, 0.29) is 5.78 Å². The van der Waals surface area contributed by atoms with Gasteiger partial charge >= 0.3 is 0 Å². The van der Waals surface area contributed by atoms with E-state index in [9.17, 15) is 4.79 Å². The van der Waals surface area contributed by atoms with Gasteiger partial charge < -0.3 is 4.98 Å². The van der Waals surface area contributed by atoms with Crippen LogP contribution in [0.25, 0.3) is 10.9 Å². The lowest BCUT2D eigenvalue weighted by molar-refractivity contribution is 0.0933. The van der Waals surface area contributed by atoms with E-state index in [0.29, 0.717) is 6.54 Å². The molecule has 1 fully saturated rings. The Morgan fingerprint density at radius 2 is 1.63 bits per heavy atom. The average Bonchev–Trinajstić information content (AvgIpc) is 2.86. The average molecular weight is 361 g/mol. The molecule has 1 saturated heterocycles. The third-order valence-corrected chi connectivity index (χ3v) is 5.47. The number of hydrogen-bond donors (Lipinski definition) is 1. The topological polar surface area (TPSA) is 39.3 Å². The standard InChI is InChI=1S/C23H27N3O/c1-18-23(20-10-5-6-11-21(20)24-18)22(27)17-26-13-7-12-25(14-15-26)16-19-8-3-2-4-9-19/h2-6,8-11,24H,7,12-17H2,1H3.